The number of morpholine rings is 1. The van der Waals surface area contributed by atoms with Crippen LogP contribution in [0.2, 0.25) is 0 Å². The van der Waals surface area contributed by atoms with Crippen molar-refractivity contribution < 1.29 is 4.74 Å². The van der Waals surface area contributed by atoms with Gasteiger partial charge in [0, 0.05) is 30.2 Å². The van der Waals surface area contributed by atoms with E-state index < -0.39 is 0 Å². The van der Waals surface area contributed by atoms with Gasteiger partial charge in [-0.15, -0.1) is 0 Å². The van der Waals surface area contributed by atoms with Crippen molar-refractivity contribution in [1.82, 2.24) is 15.3 Å². The van der Waals surface area contributed by atoms with E-state index in [4.69, 9.17) is 4.74 Å². The highest BCUT2D eigenvalue weighted by Crippen LogP contribution is 2.18. The molecule has 0 aliphatic carbocycles. The second-order valence-electron chi connectivity index (χ2n) is 4.31. The van der Waals surface area contributed by atoms with Gasteiger partial charge in [-0.3, -0.25) is 0 Å². The highest BCUT2D eigenvalue weighted by atomic mass is 32.2. The Balaban J connectivity index is 1.94. The summed E-state index contributed by atoms with van der Waals surface area (Å²) in [6.45, 7) is 8.82. The van der Waals surface area contributed by atoms with Crippen LogP contribution in [0.5, 0.6) is 0 Å². The first-order valence-electron chi connectivity index (χ1n) is 5.94. The third-order valence-corrected chi connectivity index (χ3v) is 3.99. The Labute approximate surface area is 107 Å². The van der Waals surface area contributed by atoms with Crippen LogP contribution in [0.25, 0.3) is 0 Å². The molecular formula is C12H19N3OS. The monoisotopic (exact) mass is 253 g/mol. The molecule has 2 heterocycles. The van der Waals surface area contributed by atoms with Crippen molar-refractivity contribution in [3.05, 3.63) is 17.0 Å². The minimum Gasteiger partial charge on any atom is -0.375 e. The lowest BCUT2D eigenvalue weighted by molar-refractivity contribution is 0.0440. The maximum absolute atomic E-state index is 5.64. The molecule has 0 saturated carbocycles. The first-order valence-corrected chi connectivity index (χ1v) is 6.92. The molecule has 1 fully saturated rings. The van der Waals surface area contributed by atoms with Crippen LogP contribution in [-0.2, 0) is 4.74 Å². The summed E-state index contributed by atoms with van der Waals surface area (Å²) in [6.07, 6.45) is 0.277. The van der Waals surface area contributed by atoms with Gasteiger partial charge in [0.2, 0.25) is 0 Å². The largest absolute Gasteiger partial charge is 0.375 e. The number of hydrogen-bond donors (Lipinski definition) is 1. The van der Waals surface area contributed by atoms with Gasteiger partial charge in [0.1, 0.15) is 0 Å². The summed E-state index contributed by atoms with van der Waals surface area (Å²) in [6, 6.07) is 0. The van der Waals surface area contributed by atoms with Crippen molar-refractivity contribution in [3.8, 4) is 0 Å². The first kappa shape index (κ1) is 12.8. The number of thioether (sulfide) groups is 1. The third kappa shape index (κ3) is 3.40. The summed E-state index contributed by atoms with van der Waals surface area (Å²) in [5.41, 5.74) is 3.33. The summed E-state index contributed by atoms with van der Waals surface area (Å²) in [7, 11) is 0. The smallest absolute Gasteiger partial charge is 0.188 e. The second-order valence-corrected chi connectivity index (χ2v) is 5.30. The van der Waals surface area contributed by atoms with E-state index >= 15 is 0 Å². The Hall–Kier alpha value is -0.650. The normalized spacial score (nSPS) is 20.5. The van der Waals surface area contributed by atoms with E-state index in [1.807, 2.05) is 13.8 Å². The molecule has 0 aromatic carbocycles. The fourth-order valence-electron chi connectivity index (χ4n) is 1.70. The number of nitrogens with one attached hydrogen (secondary N) is 1. The zero-order valence-corrected chi connectivity index (χ0v) is 11.4. The summed E-state index contributed by atoms with van der Waals surface area (Å²) in [5.74, 6) is 0.912. The molecule has 17 heavy (non-hydrogen) atoms. The number of hydrogen-bond acceptors (Lipinski definition) is 5. The fraction of sp³-hybridized carbons (Fsp3) is 0.667. The van der Waals surface area contributed by atoms with Crippen molar-refractivity contribution in [2.75, 3.05) is 25.4 Å². The predicted octanol–water partition coefficient (Wildman–Crippen LogP) is 1.48. The molecule has 1 atom stereocenters. The molecule has 0 spiro atoms. The molecule has 0 bridgehead atoms. The zero-order valence-electron chi connectivity index (χ0n) is 10.6. The summed E-state index contributed by atoms with van der Waals surface area (Å²) >= 11 is 1.68. The molecule has 1 unspecified atom stereocenters. The SMILES string of the molecule is Cc1nc(SCC2CNCCO2)nc(C)c1C. The quantitative estimate of drug-likeness (QED) is 0.653. The van der Waals surface area contributed by atoms with Gasteiger partial charge in [0.15, 0.2) is 5.16 Å². The molecule has 1 aliphatic rings. The van der Waals surface area contributed by atoms with Crippen LogP contribution in [0, 0.1) is 20.8 Å². The molecule has 1 N–H and O–H groups in total. The molecule has 94 valence electrons. The zero-order chi connectivity index (χ0) is 12.3. The lowest BCUT2D eigenvalue weighted by Gasteiger charge is -2.22. The molecular weight excluding hydrogens is 234 g/mol. The fourth-order valence-corrected chi connectivity index (χ4v) is 2.65. The van der Waals surface area contributed by atoms with Gasteiger partial charge in [-0.2, -0.15) is 0 Å². The standard InChI is InChI=1S/C12H19N3OS/c1-8-9(2)14-12(15-10(8)3)17-7-11-6-13-4-5-16-11/h11,13H,4-7H2,1-3H3. The van der Waals surface area contributed by atoms with Crippen LogP contribution in [0.1, 0.15) is 17.0 Å². The van der Waals surface area contributed by atoms with Crippen LogP contribution in [0.3, 0.4) is 0 Å². The Morgan fingerprint density at radius 3 is 2.59 bits per heavy atom. The Morgan fingerprint density at radius 1 is 1.29 bits per heavy atom. The number of aryl methyl sites for hydroxylation is 2. The summed E-state index contributed by atoms with van der Waals surface area (Å²) < 4.78 is 5.64. The Bertz CT molecular complexity index is 368. The van der Waals surface area contributed by atoms with E-state index in [1.54, 1.807) is 11.8 Å². The van der Waals surface area contributed by atoms with E-state index in [1.165, 1.54) is 5.56 Å². The maximum Gasteiger partial charge on any atom is 0.188 e. The van der Waals surface area contributed by atoms with E-state index in [0.717, 1.165) is 42.0 Å². The van der Waals surface area contributed by atoms with E-state index in [2.05, 4.69) is 22.2 Å². The minimum atomic E-state index is 0.277. The van der Waals surface area contributed by atoms with Gasteiger partial charge >= 0.3 is 0 Å². The summed E-state index contributed by atoms with van der Waals surface area (Å²) in [4.78, 5) is 8.99. The van der Waals surface area contributed by atoms with Crippen molar-refractivity contribution >= 4 is 11.8 Å². The average Bonchev–Trinajstić information content (AvgIpc) is 2.34. The van der Waals surface area contributed by atoms with Crippen molar-refractivity contribution in [1.29, 1.82) is 0 Å². The molecule has 2 rings (SSSR count). The van der Waals surface area contributed by atoms with Crippen LogP contribution in [0.4, 0.5) is 0 Å². The van der Waals surface area contributed by atoms with Gasteiger partial charge in [-0.1, -0.05) is 11.8 Å². The minimum absolute atomic E-state index is 0.277. The second kappa shape index (κ2) is 5.80. The first-order chi connectivity index (χ1) is 8.16. The molecule has 1 aromatic rings. The molecule has 1 saturated heterocycles. The average molecular weight is 253 g/mol. The van der Waals surface area contributed by atoms with Gasteiger partial charge in [0.25, 0.3) is 0 Å². The van der Waals surface area contributed by atoms with Crippen LogP contribution in [-0.4, -0.2) is 41.5 Å². The lowest BCUT2D eigenvalue weighted by Crippen LogP contribution is -2.39. The van der Waals surface area contributed by atoms with Gasteiger partial charge in [0.05, 0.1) is 12.7 Å². The van der Waals surface area contributed by atoms with Crippen molar-refractivity contribution in [3.63, 3.8) is 0 Å². The van der Waals surface area contributed by atoms with Gasteiger partial charge in [-0.05, 0) is 26.3 Å². The van der Waals surface area contributed by atoms with E-state index in [0.29, 0.717) is 0 Å². The van der Waals surface area contributed by atoms with Crippen molar-refractivity contribution in [2.45, 2.75) is 32.0 Å². The highest BCUT2D eigenvalue weighted by molar-refractivity contribution is 7.99. The van der Waals surface area contributed by atoms with E-state index in [9.17, 15) is 0 Å². The van der Waals surface area contributed by atoms with Crippen LogP contribution < -0.4 is 5.32 Å². The molecule has 1 aromatic heterocycles. The third-order valence-electron chi connectivity index (χ3n) is 3.01. The Kier molecular flexibility index (Phi) is 4.36. The molecule has 1 aliphatic heterocycles. The van der Waals surface area contributed by atoms with Gasteiger partial charge < -0.3 is 10.1 Å². The topological polar surface area (TPSA) is 47.0 Å². The number of aromatic nitrogens is 2. The number of nitrogens with zero attached hydrogens (tertiary/aromatic N) is 2. The Morgan fingerprint density at radius 2 is 2.00 bits per heavy atom. The van der Waals surface area contributed by atoms with Gasteiger partial charge in [-0.25, -0.2) is 9.97 Å². The summed E-state index contributed by atoms with van der Waals surface area (Å²) in [5, 5.41) is 4.18. The predicted molar refractivity (Wildman–Crippen MR) is 69.6 cm³/mol. The molecule has 0 radical (unpaired) electrons. The molecule has 5 heteroatoms. The lowest BCUT2D eigenvalue weighted by atomic mass is 10.2. The highest BCUT2D eigenvalue weighted by Gasteiger charge is 2.14. The van der Waals surface area contributed by atoms with Crippen LogP contribution >= 0.6 is 11.8 Å². The number of rotatable bonds is 3. The maximum atomic E-state index is 5.64. The molecule has 0 amide bonds. The van der Waals surface area contributed by atoms with E-state index in [-0.39, 0.29) is 6.10 Å². The number of ether oxygens (including phenoxy) is 1. The van der Waals surface area contributed by atoms with Crippen LogP contribution in [0.15, 0.2) is 5.16 Å². The van der Waals surface area contributed by atoms with Crippen molar-refractivity contribution in [2.24, 2.45) is 0 Å². The molecule has 4 nitrogen and oxygen atoms in total.